The molecule has 2 unspecified atom stereocenters. The highest BCUT2D eigenvalue weighted by atomic mass is 16.2. The lowest BCUT2D eigenvalue weighted by molar-refractivity contribution is -0.134. The van der Waals surface area contributed by atoms with Crippen LogP contribution in [0, 0.1) is 17.8 Å². The number of rotatable bonds is 2. The molecule has 0 bridgehead atoms. The summed E-state index contributed by atoms with van der Waals surface area (Å²) in [4.78, 5) is 13.5. The van der Waals surface area contributed by atoms with Crippen molar-refractivity contribution in [3.63, 3.8) is 0 Å². The van der Waals surface area contributed by atoms with Gasteiger partial charge in [0.05, 0.1) is 0 Å². The third-order valence-electron chi connectivity index (χ3n) is 3.45. The first kappa shape index (κ1) is 11.5. The molecular weight excluding hydrogens is 174 g/mol. The molecule has 82 valence electrons. The first-order valence-corrected chi connectivity index (χ1v) is 5.73. The average Bonchev–Trinajstić information content (AvgIpc) is 2.16. The van der Waals surface area contributed by atoms with E-state index in [9.17, 15) is 4.79 Å². The summed E-state index contributed by atoms with van der Waals surface area (Å²) in [6.45, 7) is 4.54. The Balaban J connectivity index is 2.51. The number of hydrogen-bond acceptors (Lipinski definition) is 1. The Hall–Kier alpha value is -0.530. The minimum absolute atomic E-state index is 0.297. The number of carbonyl (C=O) groups is 1. The van der Waals surface area contributed by atoms with E-state index in [0.717, 1.165) is 24.7 Å². The van der Waals surface area contributed by atoms with Crippen LogP contribution >= 0.6 is 0 Å². The van der Waals surface area contributed by atoms with Gasteiger partial charge in [0, 0.05) is 20.0 Å². The second kappa shape index (κ2) is 4.81. The van der Waals surface area contributed by atoms with Gasteiger partial charge in [-0.3, -0.25) is 4.79 Å². The monoisotopic (exact) mass is 197 g/mol. The highest BCUT2D eigenvalue weighted by Gasteiger charge is 2.29. The number of nitrogens with zero attached hydrogens (tertiary/aromatic N) is 1. The molecule has 2 atom stereocenters. The molecule has 0 spiro atoms. The molecule has 14 heavy (non-hydrogen) atoms. The highest BCUT2D eigenvalue weighted by Crippen LogP contribution is 2.34. The van der Waals surface area contributed by atoms with Gasteiger partial charge < -0.3 is 4.90 Å². The largest absolute Gasteiger partial charge is 0.349 e. The van der Waals surface area contributed by atoms with E-state index in [-0.39, 0.29) is 0 Å². The molecule has 0 saturated heterocycles. The summed E-state index contributed by atoms with van der Waals surface area (Å²) in [5, 5.41) is 0. The van der Waals surface area contributed by atoms with Gasteiger partial charge in [-0.1, -0.05) is 26.7 Å². The van der Waals surface area contributed by atoms with Crippen molar-refractivity contribution in [2.24, 2.45) is 17.8 Å². The lowest BCUT2D eigenvalue weighted by Gasteiger charge is -2.32. The van der Waals surface area contributed by atoms with Crippen molar-refractivity contribution >= 4 is 5.91 Å². The molecule has 0 aromatic heterocycles. The second-order valence-electron chi connectivity index (χ2n) is 5.10. The fourth-order valence-corrected chi connectivity index (χ4v) is 2.42. The van der Waals surface area contributed by atoms with E-state index in [1.165, 1.54) is 12.8 Å². The summed E-state index contributed by atoms with van der Waals surface area (Å²) in [5.41, 5.74) is 0. The van der Waals surface area contributed by atoms with E-state index in [0.29, 0.717) is 11.8 Å². The van der Waals surface area contributed by atoms with E-state index in [2.05, 4.69) is 13.8 Å². The van der Waals surface area contributed by atoms with Crippen molar-refractivity contribution in [3.05, 3.63) is 0 Å². The van der Waals surface area contributed by atoms with Crippen molar-refractivity contribution in [3.8, 4) is 0 Å². The van der Waals surface area contributed by atoms with E-state index in [1.54, 1.807) is 4.90 Å². The van der Waals surface area contributed by atoms with Gasteiger partial charge in [-0.2, -0.15) is 0 Å². The number of carbonyl (C=O) groups excluding carboxylic acids is 1. The molecule has 1 rings (SSSR count). The van der Waals surface area contributed by atoms with Crippen LogP contribution in [0.15, 0.2) is 0 Å². The maximum atomic E-state index is 11.8. The van der Waals surface area contributed by atoms with Crippen LogP contribution in [0.3, 0.4) is 0 Å². The Morgan fingerprint density at radius 3 is 2.43 bits per heavy atom. The molecular formula is C12H23NO. The first-order valence-electron chi connectivity index (χ1n) is 5.73. The zero-order valence-corrected chi connectivity index (χ0v) is 9.92. The Kier molecular flexibility index (Phi) is 3.97. The van der Waals surface area contributed by atoms with Crippen molar-refractivity contribution in [1.82, 2.24) is 4.90 Å². The molecule has 1 aliphatic carbocycles. The zero-order chi connectivity index (χ0) is 10.7. The van der Waals surface area contributed by atoms with Crippen LogP contribution < -0.4 is 0 Å². The Morgan fingerprint density at radius 2 is 1.93 bits per heavy atom. The van der Waals surface area contributed by atoms with Crippen molar-refractivity contribution in [2.75, 3.05) is 14.1 Å². The number of amides is 1. The highest BCUT2D eigenvalue weighted by molar-refractivity contribution is 5.78. The van der Waals surface area contributed by atoms with Gasteiger partial charge in [-0.15, -0.1) is 0 Å². The normalized spacial score (nSPS) is 27.8. The molecule has 0 radical (unpaired) electrons. The average molecular weight is 197 g/mol. The maximum Gasteiger partial charge on any atom is 0.225 e. The van der Waals surface area contributed by atoms with E-state index >= 15 is 0 Å². The van der Waals surface area contributed by atoms with Crippen molar-refractivity contribution in [2.45, 2.75) is 39.5 Å². The van der Waals surface area contributed by atoms with E-state index in [1.807, 2.05) is 14.1 Å². The summed E-state index contributed by atoms with van der Waals surface area (Å²) in [6.07, 6.45) is 4.75. The quantitative estimate of drug-likeness (QED) is 0.666. The summed E-state index contributed by atoms with van der Waals surface area (Å²) in [5.74, 6) is 2.12. The third-order valence-corrected chi connectivity index (χ3v) is 3.45. The van der Waals surface area contributed by atoms with Gasteiger partial charge in [-0.25, -0.2) is 0 Å². The summed E-state index contributed by atoms with van der Waals surface area (Å²) < 4.78 is 0. The maximum absolute atomic E-state index is 11.8. The summed E-state index contributed by atoms with van der Waals surface area (Å²) in [7, 11) is 3.72. The number of hydrogen-bond donors (Lipinski definition) is 0. The smallest absolute Gasteiger partial charge is 0.225 e. The zero-order valence-electron chi connectivity index (χ0n) is 9.92. The van der Waals surface area contributed by atoms with Crippen LogP contribution in [-0.2, 0) is 4.79 Å². The predicted octanol–water partition coefficient (Wildman–Crippen LogP) is 2.54. The SMILES string of the molecule is CC(C)C1CCCC(C(=O)N(C)C)C1. The molecule has 2 heteroatoms. The van der Waals surface area contributed by atoms with E-state index in [4.69, 9.17) is 0 Å². The fraction of sp³-hybridized carbons (Fsp3) is 0.917. The van der Waals surface area contributed by atoms with Gasteiger partial charge in [0.15, 0.2) is 0 Å². The summed E-state index contributed by atoms with van der Waals surface area (Å²) >= 11 is 0. The minimum Gasteiger partial charge on any atom is -0.349 e. The van der Waals surface area contributed by atoms with Crippen LogP contribution in [0.2, 0.25) is 0 Å². The Labute approximate surface area is 87.7 Å². The van der Waals surface area contributed by atoms with Crippen LogP contribution in [0.1, 0.15) is 39.5 Å². The van der Waals surface area contributed by atoms with Gasteiger partial charge >= 0.3 is 0 Å². The second-order valence-corrected chi connectivity index (χ2v) is 5.10. The minimum atomic E-state index is 0.297. The third kappa shape index (κ3) is 2.73. The lowest BCUT2D eigenvalue weighted by atomic mass is 9.76. The van der Waals surface area contributed by atoms with Gasteiger partial charge in [-0.05, 0) is 24.7 Å². The van der Waals surface area contributed by atoms with Crippen molar-refractivity contribution < 1.29 is 4.79 Å². The standard InChI is InChI=1S/C12H23NO/c1-9(2)10-6-5-7-11(8-10)12(14)13(3)4/h9-11H,5-8H2,1-4H3. The fourth-order valence-electron chi connectivity index (χ4n) is 2.42. The predicted molar refractivity (Wildman–Crippen MR) is 59.0 cm³/mol. The lowest BCUT2D eigenvalue weighted by Crippen LogP contribution is -2.33. The van der Waals surface area contributed by atoms with Gasteiger partial charge in [0.1, 0.15) is 0 Å². The molecule has 1 aliphatic rings. The van der Waals surface area contributed by atoms with Crippen LogP contribution in [0.4, 0.5) is 0 Å². The Morgan fingerprint density at radius 1 is 1.29 bits per heavy atom. The van der Waals surface area contributed by atoms with Gasteiger partial charge in [0.2, 0.25) is 5.91 Å². The Bertz CT molecular complexity index is 198. The molecule has 1 fully saturated rings. The van der Waals surface area contributed by atoms with Crippen molar-refractivity contribution in [1.29, 1.82) is 0 Å². The van der Waals surface area contributed by atoms with Crippen LogP contribution in [0.5, 0.6) is 0 Å². The molecule has 0 aliphatic heterocycles. The molecule has 2 nitrogen and oxygen atoms in total. The molecule has 1 amide bonds. The molecule has 0 heterocycles. The molecule has 1 saturated carbocycles. The van der Waals surface area contributed by atoms with E-state index < -0.39 is 0 Å². The van der Waals surface area contributed by atoms with Gasteiger partial charge in [0.25, 0.3) is 0 Å². The molecule has 0 aromatic carbocycles. The summed E-state index contributed by atoms with van der Waals surface area (Å²) in [6, 6.07) is 0. The topological polar surface area (TPSA) is 20.3 Å². The van der Waals surface area contributed by atoms with Crippen LogP contribution in [-0.4, -0.2) is 24.9 Å². The van der Waals surface area contributed by atoms with Crippen LogP contribution in [0.25, 0.3) is 0 Å². The molecule has 0 N–H and O–H groups in total. The first-order chi connectivity index (χ1) is 6.52. The molecule has 0 aromatic rings.